The van der Waals surface area contributed by atoms with Crippen LogP contribution in [0.1, 0.15) is 24.3 Å². The van der Waals surface area contributed by atoms with Crippen molar-refractivity contribution < 1.29 is 9.90 Å². The molecule has 7 nitrogen and oxygen atoms in total. The summed E-state index contributed by atoms with van der Waals surface area (Å²) in [6.07, 6.45) is 1.44. The van der Waals surface area contributed by atoms with Crippen molar-refractivity contribution in [3.8, 4) is 0 Å². The molecule has 0 atom stereocenters. The third-order valence-corrected chi connectivity index (χ3v) is 2.62. The van der Waals surface area contributed by atoms with Crippen LogP contribution >= 0.6 is 0 Å². The molecule has 1 rings (SSSR count). The summed E-state index contributed by atoms with van der Waals surface area (Å²) in [5, 5.41) is 19.4. The lowest BCUT2D eigenvalue weighted by atomic mass is 9.93. The van der Waals surface area contributed by atoms with E-state index >= 15 is 0 Å². The van der Waals surface area contributed by atoms with Crippen LogP contribution in [0, 0.1) is 5.41 Å². The van der Waals surface area contributed by atoms with Crippen LogP contribution in [0.15, 0.2) is 6.20 Å². The monoisotopic (exact) mass is 269 g/mol. The first-order valence-corrected chi connectivity index (χ1v) is 6.29. The van der Waals surface area contributed by atoms with Gasteiger partial charge in [-0.2, -0.15) is 0 Å². The van der Waals surface area contributed by atoms with E-state index in [1.165, 1.54) is 10.9 Å². The summed E-state index contributed by atoms with van der Waals surface area (Å²) in [4.78, 5) is 12.8. The summed E-state index contributed by atoms with van der Waals surface area (Å²) in [6, 6.07) is 0. The standard InChI is InChI=1S/C12H23N5O2/c1-12(2,9-16(3)4)8-13-5-6-17-7-10(11(18)19)14-15-17/h7,13H,5-6,8-9H2,1-4H3,(H,18,19). The molecule has 0 bridgehead atoms. The van der Waals surface area contributed by atoms with Crippen LogP contribution in [0.4, 0.5) is 0 Å². The Morgan fingerprint density at radius 3 is 2.74 bits per heavy atom. The molecular formula is C12H23N5O2. The molecule has 1 aromatic heterocycles. The fourth-order valence-corrected chi connectivity index (χ4v) is 2.04. The predicted octanol–water partition coefficient (Wildman–Crippen LogP) is 0.154. The maximum Gasteiger partial charge on any atom is 0.358 e. The Labute approximate surface area is 113 Å². The van der Waals surface area contributed by atoms with Gasteiger partial charge < -0.3 is 15.3 Å². The molecule has 0 aliphatic heterocycles. The first-order valence-electron chi connectivity index (χ1n) is 6.29. The average Bonchev–Trinajstić information content (AvgIpc) is 2.71. The number of hydrogen-bond donors (Lipinski definition) is 2. The van der Waals surface area contributed by atoms with Gasteiger partial charge in [0.05, 0.1) is 12.7 Å². The van der Waals surface area contributed by atoms with E-state index in [1.54, 1.807) is 0 Å². The Kier molecular flexibility index (Phi) is 5.44. The number of rotatable bonds is 8. The summed E-state index contributed by atoms with van der Waals surface area (Å²) in [5.74, 6) is -1.05. The van der Waals surface area contributed by atoms with Crippen molar-refractivity contribution >= 4 is 5.97 Å². The Hall–Kier alpha value is -1.47. The van der Waals surface area contributed by atoms with Gasteiger partial charge in [0.1, 0.15) is 0 Å². The second kappa shape index (κ2) is 6.63. The van der Waals surface area contributed by atoms with Crippen molar-refractivity contribution in [2.75, 3.05) is 33.7 Å². The molecule has 0 saturated heterocycles. The van der Waals surface area contributed by atoms with E-state index in [0.717, 1.165) is 19.6 Å². The molecule has 108 valence electrons. The van der Waals surface area contributed by atoms with Gasteiger partial charge in [0.25, 0.3) is 0 Å². The quantitative estimate of drug-likeness (QED) is 0.654. The highest BCUT2D eigenvalue weighted by molar-refractivity contribution is 5.84. The maximum atomic E-state index is 10.6. The summed E-state index contributed by atoms with van der Waals surface area (Å²) < 4.78 is 1.54. The zero-order valence-corrected chi connectivity index (χ0v) is 12.1. The van der Waals surface area contributed by atoms with Gasteiger partial charge in [-0.1, -0.05) is 19.1 Å². The van der Waals surface area contributed by atoms with Gasteiger partial charge in [-0.25, -0.2) is 4.79 Å². The molecule has 1 aromatic rings. The first kappa shape index (κ1) is 15.6. The van der Waals surface area contributed by atoms with E-state index in [9.17, 15) is 4.79 Å². The molecule has 0 aliphatic rings. The number of nitrogens with one attached hydrogen (secondary N) is 1. The highest BCUT2D eigenvalue weighted by atomic mass is 16.4. The highest BCUT2D eigenvalue weighted by Gasteiger charge is 2.18. The van der Waals surface area contributed by atoms with Crippen LogP contribution in [0.2, 0.25) is 0 Å². The van der Waals surface area contributed by atoms with Crippen LogP contribution in [0.3, 0.4) is 0 Å². The van der Waals surface area contributed by atoms with Crippen molar-refractivity contribution in [2.24, 2.45) is 5.41 Å². The molecule has 1 heterocycles. The molecule has 0 saturated carbocycles. The molecule has 7 heteroatoms. The fourth-order valence-electron chi connectivity index (χ4n) is 2.04. The van der Waals surface area contributed by atoms with Crippen LogP contribution in [0.25, 0.3) is 0 Å². The minimum Gasteiger partial charge on any atom is -0.476 e. The predicted molar refractivity (Wildman–Crippen MR) is 72.2 cm³/mol. The number of nitrogens with zero attached hydrogens (tertiary/aromatic N) is 4. The second-order valence-corrected chi connectivity index (χ2v) is 5.75. The number of carboxylic acids is 1. The first-order chi connectivity index (χ1) is 8.80. The lowest BCUT2D eigenvalue weighted by Crippen LogP contribution is -2.38. The zero-order chi connectivity index (χ0) is 14.5. The number of hydrogen-bond acceptors (Lipinski definition) is 5. The third kappa shape index (κ3) is 5.80. The van der Waals surface area contributed by atoms with Gasteiger partial charge >= 0.3 is 5.97 Å². The number of aromatic nitrogens is 3. The van der Waals surface area contributed by atoms with E-state index in [4.69, 9.17) is 5.11 Å². The van der Waals surface area contributed by atoms with Crippen LogP contribution < -0.4 is 5.32 Å². The van der Waals surface area contributed by atoms with Gasteiger partial charge in [-0.15, -0.1) is 5.10 Å². The number of carbonyl (C=O) groups is 1. The number of carboxylic acid groups (broad SMARTS) is 1. The summed E-state index contributed by atoms with van der Waals surface area (Å²) >= 11 is 0. The normalized spacial score (nSPS) is 12.1. The van der Waals surface area contributed by atoms with Gasteiger partial charge in [0, 0.05) is 19.6 Å². The van der Waals surface area contributed by atoms with E-state index in [2.05, 4.69) is 48.5 Å². The maximum absolute atomic E-state index is 10.6. The smallest absolute Gasteiger partial charge is 0.358 e. The molecular weight excluding hydrogens is 246 g/mol. The Balaban J connectivity index is 2.28. The molecule has 0 aromatic carbocycles. The zero-order valence-electron chi connectivity index (χ0n) is 12.1. The topological polar surface area (TPSA) is 83.3 Å². The second-order valence-electron chi connectivity index (χ2n) is 5.75. The summed E-state index contributed by atoms with van der Waals surface area (Å²) in [6.45, 7) is 7.66. The Morgan fingerprint density at radius 1 is 1.53 bits per heavy atom. The summed E-state index contributed by atoms with van der Waals surface area (Å²) in [5.41, 5.74) is 0.172. The molecule has 0 radical (unpaired) electrons. The highest BCUT2D eigenvalue weighted by Crippen LogP contribution is 2.13. The fraction of sp³-hybridized carbons (Fsp3) is 0.750. The van der Waals surface area contributed by atoms with E-state index in [0.29, 0.717) is 6.54 Å². The van der Waals surface area contributed by atoms with Crippen molar-refractivity contribution in [3.63, 3.8) is 0 Å². The largest absolute Gasteiger partial charge is 0.476 e. The third-order valence-electron chi connectivity index (χ3n) is 2.62. The molecule has 0 unspecified atom stereocenters. The van der Waals surface area contributed by atoms with Crippen molar-refractivity contribution in [3.05, 3.63) is 11.9 Å². The molecule has 2 N–H and O–H groups in total. The van der Waals surface area contributed by atoms with Crippen LogP contribution in [-0.2, 0) is 6.54 Å². The SMILES string of the molecule is CN(C)CC(C)(C)CNCCn1cc(C(=O)O)nn1. The van der Waals surface area contributed by atoms with Gasteiger partial charge in [0.15, 0.2) is 5.69 Å². The van der Waals surface area contributed by atoms with Crippen molar-refractivity contribution in [2.45, 2.75) is 20.4 Å². The number of aromatic carboxylic acids is 1. The summed E-state index contributed by atoms with van der Waals surface area (Å²) in [7, 11) is 4.12. The molecule has 0 aliphatic carbocycles. The van der Waals surface area contributed by atoms with Crippen LogP contribution in [0.5, 0.6) is 0 Å². The van der Waals surface area contributed by atoms with Gasteiger partial charge in [-0.3, -0.25) is 4.68 Å². The Bertz CT molecular complexity index is 414. The minimum absolute atomic E-state index is 0.0204. The molecule has 19 heavy (non-hydrogen) atoms. The average molecular weight is 269 g/mol. The van der Waals surface area contributed by atoms with Gasteiger partial charge in [0.2, 0.25) is 0 Å². The lowest BCUT2D eigenvalue weighted by molar-refractivity contribution is 0.0690. The van der Waals surface area contributed by atoms with E-state index < -0.39 is 5.97 Å². The van der Waals surface area contributed by atoms with Crippen molar-refractivity contribution in [1.29, 1.82) is 0 Å². The van der Waals surface area contributed by atoms with Crippen LogP contribution in [-0.4, -0.2) is 64.7 Å². The molecule has 0 fully saturated rings. The van der Waals surface area contributed by atoms with Gasteiger partial charge in [-0.05, 0) is 19.5 Å². The van der Waals surface area contributed by atoms with E-state index in [-0.39, 0.29) is 11.1 Å². The molecule has 0 amide bonds. The van der Waals surface area contributed by atoms with E-state index in [1.807, 2.05) is 0 Å². The Morgan fingerprint density at radius 2 is 2.21 bits per heavy atom. The lowest BCUT2D eigenvalue weighted by Gasteiger charge is -2.28. The van der Waals surface area contributed by atoms with Crippen molar-refractivity contribution in [1.82, 2.24) is 25.2 Å². The minimum atomic E-state index is -1.05. The molecule has 0 spiro atoms.